The van der Waals surface area contributed by atoms with E-state index in [1.807, 2.05) is 61.5 Å². The Balaban J connectivity index is 1.46. The number of hydrogen-bond acceptors (Lipinski definition) is 7. The highest BCUT2D eigenvalue weighted by atomic mass is 32.2. The molecule has 230 valence electrons. The fraction of sp³-hybridized carbons (Fsp3) is 0.286. The third kappa shape index (κ3) is 8.60. The van der Waals surface area contributed by atoms with E-state index in [9.17, 15) is 18.8 Å². The summed E-state index contributed by atoms with van der Waals surface area (Å²) in [5, 5.41) is 24.0. The van der Waals surface area contributed by atoms with Crippen LogP contribution in [-0.2, 0) is 23.0 Å². The molecule has 0 aromatic heterocycles. The molecule has 0 amide bonds. The van der Waals surface area contributed by atoms with Crippen LogP contribution in [0.3, 0.4) is 0 Å². The van der Waals surface area contributed by atoms with Crippen LogP contribution in [0.25, 0.3) is 0 Å². The van der Waals surface area contributed by atoms with E-state index in [2.05, 4.69) is 25.2 Å². The zero-order chi connectivity index (χ0) is 31.7. The van der Waals surface area contributed by atoms with Crippen molar-refractivity contribution in [3.8, 4) is 17.6 Å². The summed E-state index contributed by atoms with van der Waals surface area (Å²) in [5.74, 6) is 1.06. The Labute approximate surface area is 260 Å². The standard InChI is InChI=1S/C35H39N3O5S/c1-26-10-17-33(18-11-26)44(40,41)38(24-28-8-6-5-7-9-28)30-14-19-34(29(20-30)22-36)43-25-31(39)23-37-35(2,3)21-27-12-15-32(42-4)16-13-27/h5-20,31,37,39H,21,23-25H2,1-4H3/t31-/m1/s1. The number of hydrogen-bond donors (Lipinski definition) is 2. The molecule has 0 bridgehead atoms. The maximum absolute atomic E-state index is 13.8. The topological polar surface area (TPSA) is 112 Å². The quantitative estimate of drug-likeness (QED) is 0.190. The third-order valence-corrected chi connectivity index (χ3v) is 8.99. The van der Waals surface area contributed by atoms with Gasteiger partial charge in [0.15, 0.2) is 0 Å². The van der Waals surface area contributed by atoms with Gasteiger partial charge in [0.1, 0.15) is 30.3 Å². The molecular formula is C35H39N3O5S. The Hall–Kier alpha value is -4.36. The van der Waals surface area contributed by atoms with Crippen molar-refractivity contribution >= 4 is 15.7 Å². The van der Waals surface area contributed by atoms with Crippen molar-refractivity contribution < 1.29 is 23.0 Å². The lowest BCUT2D eigenvalue weighted by molar-refractivity contribution is 0.0987. The predicted molar refractivity (Wildman–Crippen MR) is 172 cm³/mol. The number of aliphatic hydroxyl groups is 1. The van der Waals surface area contributed by atoms with Crippen molar-refractivity contribution in [2.24, 2.45) is 0 Å². The van der Waals surface area contributed by atoms with E-state index in [4.69, 9.17) is 9.47 Å². The van der Waals surface area contributed by atoms with E-state index in [1.54, 1.807) is 43.5 Å². The first-order chi connectivity index (χ1) is 21.0. The normalized spacial score (nSPS) is 12.3. The van der Waals surface area contributed by atoms with Gasteiger partial charge in [0, 0.05) is 12.1 Å². The largest absolute Gasteiger partial charge is 0.497 e. The summed E-state index contributed by atoms with van der Waals surface area (Å²) < 4.78 is 40.0. The van der Waals surface area contributed by atoms with Gasteiger partial charge in [0.2, 0.25) is 0 Å². The fourth-order valence-electron chi connectivity index (χ4n) is 4.74. The first kappa shape index (κ1) is 32.6. The van der Waals surface area contributed by atoms with E-state index in [1.165, 1.54) is 10.4 Å². The lowest BCUT2D eigenvalue weighted by Gasteiger charge is -2.28. The van der Waals surface area contributed by atoms with Gasteiger partial charge in [-0.2, -0.15) is 5.26 Å². The van der Waals surface area contributed by atoms with E-state index in [0.717, 1.165) is 28.9 Å². The Morgan fingerprint density at radius 2 is 1.64 bits per heavy atom. The average Bonchev–Trinajstić information content (AvgIpc) is 3.02. The molecule has 0 radical (unpaired) electrons. The lowest BCUT2D eigenvalue weighted by Crippen LogP contribution is -2.46. The third-order valence-electron chi connectivity index (χ3n) is 7.20. The summed E-state index contributed by atoms with van der Waals surface area (Å²) in [5.41, 5.74) is 3.09. The zero-order valence-electron chi connectivity index (χ0n) is 25.5. The van der Waals surface area contributed by atoms with Gasteiger partial charge < -0.3 is 19.9 Å². The van der Waals surface area contributed by atoms with Crippen molar-refractivity contribution in [3.63, 3.8) is 0 Å². The molecule has 9 heteroatoms. The molecule has 0 saturated heterocycles. The van der Waals surface area contributed by atoms with Crippen LogP contribution < -0.4 is 19.1 Å². The summed E-state index contributed by atoms with van der Waals surface area (Å²) >= 11 is 0. The number of ether oxygens (including phenoxy) is 2. The van der Waals surface area contributed by atoms with Crippen molar-refractivity contribution in [2.75, 3.05) is 24.6 Å². The summed E-state index contributed by atoms with van der Waals surface area (Å²) in [6.45, 7) is 6.33. The van der Waals surface area contributed by atoms with Crippen LogP contribution in [0, 0.1) is 18.3 Å². The highest BCUT2D eigenvalue weighted by Crippen LogP contribution is 2.31. The average molecular weight is 614 g/mol. The summed E-state index contributed by atoms with van der Waals surface area (Å²) in [4.78, 5) is 0.156. The Bertz CT molecular complexity index is 1670. The van der Waals surface area contributed by atoms with Crippen LogP contribution >= 0.6 is 0 Å². The Morgan fingerprint density at radius 3 is 2.27 bits per heavy atom. The first-order valence-electron chi connectivity index (χ1n) is 14.4. The second kappa shape index (κ2) is 14.4. The predicted octanol–water partition coefficient (Wildman–Crippen LogP) is 5.62. The van der Waals surface area contributed by atoms with Crippen LogP contribution in [0.4, 0.5) is 5.69 Å². The van der Waals surface area contributed by atoms with Gasteiger partial charge in [-0.15, -0.1) is 0 Å². The van der Waals surface area contributed by atoms with Gasteiger partial charge in [-0.3, -0.25) is 4.31 Å². The first-order valence-corrected chi connectivity index (χ1v) is 15.8. The highest BCUT2D eigenvalue weighted by Gasteiger charge is 2.26. The van der Waals surface area contributed by atoms with Crippen LogP contribution in [-0.4, -0.2) is 45.4 Å². The second-order valence-corrected chi connectivity index (χ2v) is 13.2. The van der Waals surface area contributed by atoms with E-state index in [-0.39, 0.29) is 41.4 Å². The number of benzene rings is 4. The van der Waals surface area contributed by atoms with Crippen LogP contribution in [0.2, 0.25) is 0 Å². The molecule has 0 saturated carbocycles. The van der Waals surface area contributed by atoms with Gasteiger partial charge in [0.05, 0.1) is 29.8 Å². The molecule has 0 fully saturated rings. The molecule has 0 unspecified atom stereocenters. The summed E-state index contributed by atoms with van der Waals surface area (Å²) in [6.07, 6.45) is -0.0943. The van der Waals surface area contributed by atoms with Gasteiger partial charge in [-0.05, 0) is 80.8 Å². The number of nitrogens with one attached hydrogen (secondary N) is 1. The second-order valence-electron chi connectivity index (χ2n) is 11.4. The number of nitriles is 1. The van der Waals surface area contributed by atoms with Crippen LogP contribution in [0.1, 0.15) is 36.1 Å². The van der Waals surface area contributed by atoms with E-state index in [0.29, 0.717) is 5.69 Å². The maximum atomic E-state index is 13.8. The lowest BCUT2D eigenvalue weighted by atomic mass is 9.94. The van der Waals surface area contributed by atoms with E-state index < -0.39 is 16.1 Å². The number of β-amino-alcohol motifs (C(OH)–C–C–N with tert-alkyl or cyclic N) is 1. The Kier molecular flexibility index (Phi) is 10.7. The molecule has 0 heterocycles. The number of aryl methyl sites for hydroxylation is 1. The number of sulfonamides is 1. The molecule has 0 aliphatic carbocycles. The van der Waals surface area contributed by atoms with Gasteiger partial charge >= 0.3 is 0 Å². The smallest absolute Gasteiger partial charge is 0.264 e. The van der Waals surface area contributed by atoms with Crippen molar-refractivity contribution in [1.82, 2.24) is 5.32 Å². The molecular weight excluding hydrogens is 574 g/mol. The molecule has 4 aromatic rings. The summed E-state index contributed by atoms with van der Waals surface area (Å²) in [7, 11) is -2.32. The molecule has 4 aromatic carbocycles. The molecule has 0 aliphatic heterocycles. The molecule has 1 atom stereocenters. The fourth-order valence-corrected chi connectivity index (χ4v) is 6.19. The van der Waals surface area contributed by atoms with Gasteiger partial charge in [0.25, 0.3) is 10.0 Å². The van der Waals surface area contributed by atoms with Gasteiger partial charge in [-0.1, -0.05) is 60.2 Å². The number of rotatable bonds is 14. The number of nitrogens with zero attached hydrogens (tertiary/aromatic N) is 2. The SMILES string of the molecule is COc1ccc(CC(C)(C)NC[C@@H](O)COc2ccc(N(Cc3ccccc3)S(=O)(=O)c3ccc(C)cc3)cc2C#N)cc1. The molecule has 0 spiro atoms. The number of aliphatic hydroxyl groups excluding tert-OH is 1. The maximum Gasteiger partial charge on any atom is 0.264 e. The van der Waals surface area contributed by atoms with Gasteiger partial charge in [-0.25, -0.2) is 8.42 Å². The van der Waals surface area contributed by atoms with Crippen molar-refractivity contribution in [3.05, 3.63) is 119 Å². The molecule has 8 nitrogen and oxygen atoms in total. The summed E-state index contributed by atoms with van der Waals surface area (Å²) in [6, 6.07) is 30.6. The molecule has 44 heavy (non-hydrogen) atoms. The number of anilines is 1. The minimum Gasteiger partial charge on any atom is -0.497 e. The van der Waals surface area contributed by atoms with Crippen LogP contribution in [0.15, 0.2) is 102 Å². The van der Waals surface area contributed by atoms with E-state index >= 15 is 0 Å². The minimum atomic E-state index is -3.95. The molecule has 0 aliphatic rings. The number of methoxy groups -OCH3 is 1. The van der Waals surface area contributed by atoms with Crippen LogP contribution in [0.5, 0.6) is 11.5 Å². The van der Waals surface area contributed by atoms with Crippen molar-refractivity contribution in [1.29, 1.82) is 5.26 Å². The highest BCUT2D eigenvalue weighted by molar-refractivity contribution is 7.92. The molecule has 2 N–H and O–H groups in total. The van der Waals surface area contributed by atoms with Crippen molar-refractivity contribution in [2.45, 2.75) is 50.3 Å². The zero-order valence-corrected chi connectivity index (χ0v) is 26.3. The molecule has 4 rings (SSSR count). The Morgan fingerprint density at radius 1 is 0.955 bits per heavy atom. The monoisotopic (exact) mass is 613 g/mol. The minimum absolute atomic E-state index is 0.0466.